The van der Waals surface area contributed by atoms with Gasteiger partial charge in [0.05, 0.1) is 25.6 Å². The lowest BCUT2D eigenvalue weighted by Crippen LogP contribution is -2.45. The van der Waals surface area contributed by atoms with E-state index in [-0.39, 0.29) is 11.9 Å². The van der Waals surface area contributed by atoms with Gasteiger partial charge in [0.1, 0.15) is 11.6 Å². The van der Waals surface area contributed by atoms with Crippen molar-refractivity contribution in [3.8, 4) is 11.8 Å². The predicted octanol–water partition coefficient (Wildman–Crippen LogP) is 1.69. The lowest BCUT2D eigenvalue weighted by Gasteiger charge is -2.34. The second-order valence-corrected chi connectivity index (χ2v) is 4.55. The number of nitriles is 1. The van der Waals surface area contributed by atoms with Gasteiger partial charge in [-0.2, -0.15) is 5.26 Å². The fraction of sp³-hybridized carbons (Fsp3) is 0.500. The van der Waals surface area contributed by atoms with E-state index in [1.54, 1.807) is 13.2 Å². The number of benzene rings is 1. The second-order valence-electron chi connectivity index (χ2n) is 4.55. The Kier molecular flexibility index (Phi) is 4.72. The van der Waals surface area contributed by atoms with Crippen LogP contribution >= 0.6 is 0 Å². The van der Waals surface area contributed by atoms with Crippen LogP contribution in [0.25, 0.3) is 0 Å². The molecule has 0 aliphatic carbocycles. The quantitative estimate of drug-likeness (QED) is 0.898. The molecule has 1 aliphatic rings. The van der Waals surface area contributed by atoms with E-state index in [0.29, 0.717) is 12.2 Å². The highest BCUT2D eigenvalue weighted by atomic mass is 19.1. The Morgan fingerprint density at radius 2 is 2.21 bits per heavy atom. The van der Waals surface area contributed by atoms with Crippen molar-refractivity contribution in [3.05, 3.63) is 29.6 Å². The summed E-state index contributed by atoms with van der Waals surface area (Å²) < 4.78 is 18.8. The minimum Gasteiger partial charge on any atom is -0.496 e. The maximum atomic E-state index is 13.5. The fourth-order valence-corrected chi connectivity index (χ4v) is 2.48. The standard InChI is InChI=1S/C14H18FN3O/c1-19-14-3-2-11(15)10-12(14)13(4-5-16)18-8-6-17-7-9-18/h2-3,10,13,17H,4,6-9H2,1H3/t13-/m0/s1. The zero-order valence-corrected chi connectivity index (χ0v) is 11.0. The van der Waals surface area contributed by atoms with E-state index in [9.17, 15) is 4.39 Å². The minimum atomic E-state index is -0.297. The first kappa shape index (κ1) is 13.8. The molecule has 1 N–H and O–H groups in total. The van der Waals surface area contributed by atoms with Gasteiger partial charge < -0.3 is 10.1 Å². The summed E-state index contributed by atoms with van der Waals surface area (Å²) in [5.74, 6) is 0.342. The lowest BCUT2D eigenvalue weighted by molar-refractivity contribution is 0.172. The summed E-state index contributed by atoms with van der Waals surface area (Å²) >= 11 is 0. The molecule has 0 bridgehead atoms. The van der Waals surface area contributed by atoms with Crippen LogP contribution in [-0.2, 0) is 0 Å². The molecule has 0 aromatic heterocycles. The number of hydrogen-bond donors (Lipinski definition) is 1. The van der Waals surface area contributed by atoms with Gasteiger partial charge in [0, 0.05) is 31.7 Å². The fourth-order valence-electron chi connectivity index (χ4n) is 2.48. The van der Waals surface area contributed by atoms with Crippen LogP contribution in [0.2, 0.25) is 0 Å². The molecular weight excluding hydrogens is 245 g/mol. The number of methoxy groups -OCH3 is 1. The molecule has 1 saturated heterocycles. The first-order chi connectivity index (χ1) is 9.26. The van der Waals surface area contributed by atoms with Crippen LogP contribution in [0, 0.1) is 17.1 Å². The van der Waals surface area contributed by atoms with Crippen molar-refractivity contribution in [2.75, 3.05) is 33.3 Å². The number of halogens is 1. The SMILES string of the molecule is COc1ccc(F)cc1[C@H](CC#N)N1CCNCC1. The van der Waals surface area contributed by atoms with Crippen LogP contribution in [0.15, 0.2) is 18.2 Å². The molecule has 0 amide bonds. The van der Waals surface area contributed by atoms with Gasteiger partial charge in [-0.05, 0) is 18.2 Å². The van der Waals surface area contributed by atoms with Crippen molar-refractivity contribution in [1.29, 1.82) is 5.26 Å². The van der Waals surface area contributed by atoms with Crippen molar-refractivity contribution in [2.24, 2.45) is 0 Å². The second kappa shape index (κ2) is 6.50. The summed E-state index contributed by atoms with van der Waals surface area (Å²) in [7, 11) is 1.57. The van der Waals surface area contributed by atoms with E-state index in [4.69, 9.17) is 10.00 Å². The summed E-state index contributed by atoms with van der Waals surface area (Å²) in [5.41, 5.74) is 0.756. The Morgan fingerprint density at radius 3 is 2.84 bits per heavy atom. The molecule has 1 aliphatic heterocycles. The molecule has 5 heteroatoms. The molecule has 2 rings (SSSR count). The van der Waals surface area contributed by atoms with Gasteiger partial charge in [-0.25, -0.2) is 4.39 Å². The Hall–Kier alpha value is -1.64. The largest absolute Gasteiger partial charge is 0.496 e. The van der Waals surface area contributed by atoms with E-state index in [1.165, 1.54) is 12.1 Å². The molecule has 1 heterocycles. The number of rotatable bonds is 4. The smallest absolute Gasteiger partial charge is 0.123 e. The third kappa shape index (κ3) is 3.22. The van der Waals surface area contributed by atoms with Crippen molar-refractivity contribution in [1.82, 2.24) is 10.2 Å². The van der Waals surface area contributed by atoms with Crippen LogP contribution in [0.3, 0.4) is 0 Å². The van der Waals surface area contributed by atoms with E-state index in [1.807, 2.05) is 0 Å². The van der Waals surface area contributed by atoms with Crippen LogP contribution in [0.1, 0.15) is 18.0 Å². The number of piperazine rings is 1. The zero-order valence-electron chi connectivity index (χ0n) is 11.0. The molecule has 102 valence electrons. The molecule has 0 radical (unpaired) electrons. The Labute approximate surface area is 112 Å². The Morgan fingerprint density at radius 1 is 1.47 bits per heavy atom. The third-order valence-corrected chi connectivity index (χ3v) is 3.43. The van der Waals surface area contributed by atoms with Gasteiger partial charge in [0.2, 0.25) is 0 Å². The van der Waals surface area contributed by atoms with E-state index >= 15 is 0 Å². The summed E-state index contributed by atoms with van der Waals surface area (Å²) in [6.07, 6.45) is 0.333. The minimum absolute atomic E-state index is 0.113. The summed E-state index contributed by atoms with van der Waals surface area (Å²) in [5, 5.41) is 12.3. The maximum Gasteiger partial charge on any atom is 0.123 e. The van der Waals surface area contributed by atoms with Gasteiger partial charge in [-0.15, -0.1) is 0 Å². The van der Waals surface area contributed by atoms with Crippen molar-refractivity contribution >= 4 is 0 Å². The first-order valence-electron chi connectivity index (χ1n) is 6.41. The van der Waals surface area contributed by atoms with E-state index in [2.05, 4.69) is 16.3 Å². The summed E-state index contributed by atoms with van der Waals surface area (Å²) in [4.78, 5) is 2.21. The number of nitrogens with zero attached hydrogens (tertiary/aromatic N) is 2. The molecule has 1 atom stereocenters. The van der Waals surface area contributed by atoms with E-state index < -0.39 is 0 Å². The number of hydrogen-bond acceptors (Lipinski definition) is 4. The maximum absolute atomic E-state index is 13.5. The topological polar surface area (TPSA) is 48.3 Å². The predicted molar refractivity (Wildman–Crippen MR) is 70.4 cm³/mol. The molecule has 0 unspecified atom stereocenters. The Balaban J connectivity index is 2.32. The van der Waals surface area contributed by atoms with Crippen molar-refractivity contribution in [3.63, 3.8) is 0 Å². The van der Waals surface area contributed by atoms with E-state index in [0.717, 1.165) is 31.7 Å². The van der Waals surface area contributed by atoms with Gasteiger partial charge >= 0.3 is 0 Å². The van der Waals surface area contributed by atoms with Crippen LogP contribution < -0.4 is 10.1 Å². The highest BCUT2D eigenvalue weighted by molar-refractivity contribution is 5.37. The highest BCUT2D eigenvalue weighted by Crippen LogP contribution is 2.32. The molecule has 19 heavy (non-hydrogen) atoms. The van der Waals surface area contributed by atoms with Crippen molar-refractivity contribution in [2.45, 2.75) is 12.5 Å². The number of nitrogens with one attached hydrogen (secondary N) is 1. The summed E-state index contributed by atoms with van der Waals surface area (Å²) in [6, 6.07) is 6.56. The summed E-state index contributed by atoms with van der Waals surface area (Å²) in [6.45, 7) is 3.48. The molecule has 1 aromatic rings. The average Bonchev–Trinajstić information content (AvgIpc) is 2.45. The average molecular weight is 263 g/mol. The van der Waals surface area contributed by atoms with Gasteiger partial charge in [-0.1, -0.05) is 0 Å². The zero-order chi connectivity index (χ0) is 13.7. The normalized spacial score (nSPS) is 17.7. The lowest BCUT2D eigenvalue weighted by atomic mass is 10.0. The van der Waals surface area contributed by atoms with Crippen LogP contribution in [-0.4, -0.2) is 38.2 Å². The molecule has 1 aromatic carbocycles. The molecule has 0 spiro atoms. The highest BCUT2D eigenvalue weighted by Gasteiger charge is 2.25. The van der Waals surface area contributed by atoms with Gasteiger partial charge in [-0.3, -0.25) is 4.90 Å². The van der Waals surface area contributed by atoms with Crippen LogP contribution in [0.4, 0.5) is 4.39 Å². The molecule has 0 saturated carbocycles. The monoisotopic (exact) mass is 263 g/mol. The Bertz CT molecular complexity index is 466. The number of ether oxygens (including phenoxy) is 1. The first-order valence-corrected chi connectivity index (χ1v) is 6.41. The molecule has 1 fully saturated rings. The van der Waals surface area contributed by atoms with Gasteiger partial charge in [0.25, 0.3) is 0 Å². The van der Waals surface area contributed by atoms with Crippen molar-refractivity contribution < 1.29 is 9.13 Å². The molecule has 4 nitrogen and oxygen atoms in total. The molecular formula is C14H18FN3O. The van der Waals surface area contributed by atoms with Gasteiger partial charge in [0.15, 0.2) is 0 Å². The third-order valence-electron chi connectivity index (χ3n) is 3.43. The van der Waals surface area contributed by atoms with Crippen LogP contribution in [0.5, 0.6) is 5.75 Å².